The molecular formula is C20H22F2N2O4. The highest BCUT2D eigenvalue weighted by molar-refractivity contribution is 5.97. The third-order valence-electron chi connectivity index (χ3n) is 4.08. The second-order valence-electron chi connectivity index (χ2n) is 5.99. The fraction of sp³-hybridized carbons (Fsp3) is 0.300. The molecule has 6 nitrogen and oxygen atoms in total. The first-order valence-electron chi connectivity index (χ1n) is 8.56. The van der Waals surface area contributed by atoms with E-state index in [2.05, 4.69) is 5.32 Å². The van der Waals surface area contributed by atoms with Crippen LogP contribution in [0.4, 0.5) is 14.5 Å². The minimum absolute atomic E-state index is 0.112. The van der Waals surface area contributed by atoms with E-state index in [0.29, 0.717) is 24.5 Å². The minimum atomic E-state index is -1.09. The maximum atomic E-state index is 13.4. The van der Waals surface area contributed by atoms with Crippen LogP contribution < -0.4 is 19.7 Å². The molecule has 0 atom stereocenters. The van der Waals surface area contributed by atoms with Crippen molar-refractivity contribution in [3.05, 3.63) is 53.6 Å². The molecular weight excluding hydrogens is 370 g/mol. The molecule has 150 valence electrons. The summed E-state index contributed by atoms with van der Waals surface area (Å²) in [6, 6.07) is 8.49. The van der Waals surface area contributed by atoms with E-state index in [1.807, 2.05) is 12.1 Å². The van der Waals surface area contributed by atoms with Gasteiger partial charge in [0.2, 0.25) is 11.8 Å². The number of carbonyl (C=O) groups excluding carboxylic acids is 2. The Hall–Kier alpha value is -3.16. The summed E-state index contributed by atoms with van der Waals surface area (Å²) in [5, 5.41) is 2.71. The van der Waals surface area contributed by atoms with E-state index < -0.39 is 23.4 Å². The molecule has 28 heavy (non-hydrogen) atoms. The monoisotopic (exact) mass is 392 g/mol. The summed E-state index contributed by atoms with van der Waals surface area (Å²) in [7, 11) is 3.09. The minimum Gasteiger partial charge on any atom is -0.493 e. The standard InChI is InChI=1S/C20H22F2N2O4/c1-13(25)24(15-5-6-16(21)17(22)11-15)12-20(26)23-9-8-14-4-7-18(27-2)19(10-14)28-3/h4-7,10-11H,8-9,12H2,1-3H3,(H,23,26). The quantitative estimate of drug-likeness (QED) is 0.750. The molecule has 0 aromatic heterocycles. The summed E-state index contributed by atoms with van der Waals surface area (Å²) in [4.78, 5) is 25.1. The van der Waals surface area contributed by atoms with E-state index in [4.69, 9.17) is 9.47 Å². The van der Waals surface area contributed by atoms with Crippen molar-refractivity contribution in [1.82, 2.24) is 5.32 Å². The fourth-order valence-electron chi connectivity index (χ4n) is 2.62. The van der Waals surface area contributed by atoms with Crippen LogP contribution in [-0.4, -0.2) is 39.1 Å². The van der Waals surface area contributed by atoms with Crippen LogP contribution in [0.25, 0.3) is 0 Å². The lowest BCUT2D eigenvalue weighted by molar-refractivity contribution is -0.123. The summed E-state index contributed by atoms with van der Waals surface area (Å²) in [6.07, 6.45) is 0.539. The van der Waals surface area contributed by atoms with E-state index in [0.717, 1.165) is 22.6 Å². The van der Waals surface area contributed by atoms with Gasteiger partial charge in [0, 0.05) is 25.2 Å². The average molecular weight is 392 g/mol. The number of halogens is 2. The Labute approximate surface area is 162 Å². The summed E-state index contributed by atoms with van der Waals surface area (Å²) < 4.78 is 36.9. The van der Waals surface area contributed by atoms with Crippen LogP contribution in [-0.2, 0) is 16.0 Å². The van der Waals surface area contributed by atoms with Gasteiger partial charge in [-0.05, 0) is 36.2 Å². The zero-order valence-electron chi connectivity index (χ0n) is 15.9. The van der Waals surface area contributed by atoms with Gasteiger partial charge in [-0.15, -0.1) is 0 Å². The number of rotatable bonds is 8. The third kappa shape index (κ3) is 5.42. The Balaban J connectivity index is 1.94. The molecule has 0 fully saturated rings. The van der Waals surface area contributed by atoms with Gasteiger partial charge in [-0.1, -0.05) is 6.07 Å². The number of nitrogens with one attached hydrogen (secondary N) is 1. The van der Waals surface area contributed by atoms with E-state index in [-0.39, 0.29) is 12.2 Å². The zero-order valence-corrected chi connectivity index (χ0v) is 15.9. The molecule has 0 spiro atoms. The molecule has 8 heteroatoms. The predicted molar refractivity (Wildman–Crippen MR) is 101 cm³/mol. The van der Waals surface area contributed by atoms with Crippen molar-refractivity contribution in [3.63, 3.8) is 0 Å². The Morgan fingerprint density at radius 3 is 2.32 bits per heavy atom. The topological polar surface area (TPSA) is 67.9 Å². The van der Waals surface area contributed by atoms with Crippen LogP contribution >= 0.6 is 0 Å². The molecule has 2 rings (SSSR count). The summed E-state index contributed by atoms with van der Waals surface area (Å²) in [5.74, 6) is -1.78. The van der Waals surface area contributed by atoms with Crippen LogP contribution in [0.15, 0.2) is 36.4 Å². The highest BCUT2D eigenvalue weighted by atomic mass is 19.2. The highest BCUT2D eigenvalue weighted by Crippen LogP contribution is 2.27. The summed E-state index contributed by atoms with van der Waals surface area (Å²) in [5.41, 5.74) is 1.04. The molecule has 0 aliphatic heterocycles. The third-order valence-corrected chi connectivity index (χ3v) is 4.08. The van der Waals surface area contributed by atoms with Gasteiger partial charge in [0.1, 0.15) is 6.54 Å². The van der Waals surface area contributed by atoms with Crippen molar-refractivity contribution in [1.29, 1.82) is 0 Å². The van der Waals surface area contributed by atoms with Gasteiger partial charge < -0.3 is 19.7 Å². The van der Waals surface area contributed by atoms with E-state index in [9.17, 15) is 18.4 Å². The van der Waals surface area contributed by atoms with E-state index in [1.165, 1.54) is 20.1 Å². The smallest absolute Gasteiger partial charge is 0.240 e. The molecule has 0 bridgehead atoms. The van der Waals surface area contributed by atoms with Gasteiger partial charge in [0.05, 0.1) is 14.2 Å². The molecule has 0 radical (unpaired) electrons. The molecule has 0 aliphatic rings. The van der Waals surface area contributed by atoms with E-state index in [1.54, 1.807) is 13.2 Å². The Morgan fingerprint density at radius 2 is 1.71 bits per heavy atom. The highest BCUT2D eigenvalue weighted by Gasteiger charge is 2.17. The average Bonchev–Trinajstić information content (AvgIpc) is 2.68. The first kappa shape index (κ1) is 21.1. The Morgan fingerprint density at radius 1 is 1.00 bits per heavy atom. The van der Waals surface area contributed by atoms with Crippen LogP contribution in [0.5, 0.6) is 11.5 Å². The maximum absolute atomic E-state index is 13.4. The van der Waals surface area contributed by atoms with Gasteiger partial charge >= 0.3 is 0 Å². The number of amides is 2. The summed E-state index contributed by atoms with van der Waals surface area (Å²) >= 11 is 0. The van der Waals surface area contributed by atoms with E-state index >= 15 is 0 Å². The molecule has 0 heterocycles. The lowest BCUT2D eigenvalue weighted by Crippen LogP contribution is -2.40. The van der Waals surface area contributed by atoms with Crippen molar-refractivity contribution in [2.45, 2.75) is 13.3 Å². The van der Waals surface area contributed by atoms with Crippen molar-refractivity contribution in [2.24, 2.45) is 0 Å². The van der Waals surface area contributed by atoms with Crippen LogP contribution in [0.1, 0.15) is 12.5 Å². The first-order chi connectivity index (χ1) is 13.3. The van der Waals surface area contributed by atoms with Crippen LogP contribution in [0.2, 0.25) is 0 Å². The van der Waals surface area contributed by atoms with Crippen molar-refractivity contribution in [3.8, 4) is 11.5 Å². The van der Waals surface area contributed by atoms with Crippen LogP contribution in [0.3, 0.4) is 0 Å². The zero-order chi connectivity index (χ0) is 20.7. The Bertz CT molecular complexity index is 858. The second kappa shape index (κ2) is 9.68. The lowest BCUT2D eigenvalue weighted by atomic mass is 10.1. The number of methoxy groups -OCH3 is 2. The molecule has 2 aromatic rings. The SMILES string of the molecule is COc1ccc(CCNC(=O)CN(C(C)=O)c2ccc(F)c(F)c2)cc1OC. The molecule has 0 saturated heterocycles. The van der Waals surface area contributed by atoms with Crippen molar-refractivity contribution < 1.29 is 27.8 Å². The predicted octanol–water partition coefficient (Wildman–Crippen LogP) is 2.69. The maximum Gasteiger partial charge on any atom is 0.240 e. The van der Waals surface area contributed by atoms with Gasteiger partial charge in [-0.3, -0.25) is 9.59 Å². The number of hydrogen-bond donors (Lipinski definition) is 1. The Kier molecular flexibility index (Phi) is 7.31. The molecule has 0 saturated carbocycles. The number of benzene rings is 2. The molecule has 2 amide bonds. The lowest BCUT2D eigenvalue weighted by Gasteiger charge is -2.21. The molecule has 1 N–H and O–H groups in total. The number of hydrogen-bond acceptors (Lipinski definition) is 4. The number of ether oxygens (including phenoxy) is 2. The van der Waals surface area contributed by atoms with Gasteiger partial charge in [0.15, 0.2) is 23.1 Å². The number of anilines is 1. The molecule has 0 unspecified atom stereocenters. The largest absolute Gasteiger partial charge is 0.493 e. The molecule has 0 aliphatic carbocycles. The van der Waals surface area contributed by atoms with Crippen LogP contribution in [0, 0.1) is 11.6 Å². The van der Waals surface area contributed by atoms with Gasteiger partial charge in [-0.2, -0.15) is 0 Å². The van der Waals surface area contributed by atoms with Gasteiger partial charge in [-0.25, -0.2) is 8.78 Å². The first-order valence-corrected chi connectivity index (χ1v) is 8.56. The summed E-state index contributed by atoms with van der Waals surface area (Å²) in [6.45, 7) is 1.28. The molecule has 2 aromatic carbocycles. The van der Waals surface area contributed by atoms with Crippen molar-refractivity contribution in [2.75, 3.05) is 32.2 Å². The van der Waals surface area contributed by atoms with Crippen molar-refractivity contribution >= 4 is 17.5 Å². The fourth-order valence-corrected chi connectivity index (χ4v) is 2.62. The van der Waals surface area contributed by atoms with Gasteiger partial charge in [0.25, 0.3) is 0 Å². The second-order valence-corrected chi connectivity index (χ2v) is 5.99. The number of nitrogens with zero attached hydrogens (tertiary/aromatic N) is 1. The number of carbonyl (C=O) groups is 2. The normalized spacial score (nSPS) is 10.3.